The van der Waals surface area contributed by atoms with Crippen LogP contribution in [0, 0.1) is 25.2 Å². The van der Waals surface area contributed by atoms with Crippen molar-refractivity contribution in [1.29, 1.82) is 5.26 Å². The van der Waals surface area contributed by atoms with Gasteiger partial charge in [0.05, 0.1) is 6.07 Å². The molecule has 0 bridgehead atoms. The molecule has 0 saturated carbocycles. The molecular formula is C13H18N2. The van der Waals surface area contributed by atoms with E-state index in [2.05, 4.69) is 50.1 Å². The molecule has 1 rings (SSSR count). The van der Waals surface area contributed by atoms with Crippen molar-refractivity contribution in [1.82, 2.24) is 0 Å². The standard InChI is InChI=1S/C13H18N2/c1-11-6-7-13(12(2)10-11)15(3)9-5-4-8-14/h6-7,10H,4-5,9H2,1-3H3. The summed E-state index contributed by atoms with van der Waals surface area (Å²) in [6.45, 7) is 5.17. The van der Waals surface area contributed by atoms with Crippen LogP contribution in [0.3, 0.4) is 0 Å². The maximum atomic E-state index is 8.47. The van der Waals surface area contributed by atoms with Crippen LogP contribution in [0.5, 0.6) is 0 Å². The first-order chi connectivity index (χ1) is 7.15. The predicted molar refractivity (Wildman–Crippen MR) is 64.0 cm³/mol. The van der Waals surface area contributed by atoms with E-state index in [0.29, 0.717) is 6.42 Å². The summed E-state index contributed by atoms with van der Waals surface area (Å²) in [6, 6.07) is 8.64. The quantitative estimate of drug-likeness (QED) is 0.702. The molecule has 0 unspecified atom stereocenters. The molecule has 1 aromatic rings. The fourth-order valence-electron chi connectivity index (χ4n) is 1.75. The summed E-state index contributed by atoms with van der Waals surface area (Å²) in [4.78, 5) is 2.21. The highest BCUT2D eigenvalue weighted by molar-refractivity contribution is 5.53. The van der Waals surface area contributed by atoms with Gasteiger partial charge in [0, 0.05) is 25.7 Å². The summed E-state index contributed by atoms with van der Waals surface area (Å²) >= 11 is 0. The van der Waals surface area contributed by atoms with E-state index in [9.17, 15) is 0 Å². The number of hydrogen-bond donors (Lipinski definition) is 0. The Morgan fingerprint density at radius 1 is 1.33 bits per heavy atom. The number of anilines is 1. The largest absolute Gasteiger partial charge is 0.374 e. The lowest BCUT2D eigenvalue weighted by atomic mass is 10.1. The van der Waals surface area contributed by atoms with Crippen LogP contribution >= 0.6 is 0 Å². The number of aryl methyl sites for hydroxylation is 2. The van der Waals surface area contributed by atoms with E-state index in [1.54, 1.807) is 0 Å². The average Bonchev–Trinajstić information content (AvgIpc) is 2.17. The van der Waals surface area contributed by atoms with Crippen LogP contribution in [0.25, 0.3) is 0 Å². The number of unbranched alkanes of at least 4 members (excludes halogenated alkanes) is 1. The zero-order valence-electron chi connectivity index (χ0n) is 9.75. The fourth-order valence-corrected chi connectivity index (χ4v) is 1.75. The van der Waals surface area contributed by atoms with E-state index in [1.807, 2.05) is 0 Å². The Bertz CT molecular complexity index is 363. The number of nitriles is 1. The van der Waals surface area contributed by atoms with Crippen LogP contribution in [0.2, 0.25) is 0 Å². The Morgan fingerprint density at radius 3 is 2.67 bits per heavy atom. The van der Waals surface area contributed by atoms with Gasteiger partial charge in [0.2, 0.25) is 0 Å². The maximum Gasteiger partial charge on any atom is 0.0622 e. The number of nitrogens with zero attached hydrogens (tertiary/aromatic N) is 2. The van der Waals surface area contributed by atoms with Gasteiger partial charge in [-0.1, -0.05) is 17.7 Å². The normalized spacial score (nSPS) is 9.73. The van der Waals surface area contributed by atoms with Gasteiger partial charge in [-0.05, 0) is 31.9 Å². The Labute approximate surface area is 92.1 Å². The molecule has 2 nitrogen and oxygen atoms in total. The highest BCUT2D eigenvalue weighted by Crippen LogP contribution is 2.19. The molecule has 1 aromatic carbocycles. The second-order valence-corrected chi connectivity index (χ2v) is 3.97. The minimum absolute atomic E-state index is 0.634. The van der Waals surface area contributed by atoms with Crippen LogP contribution in [-0.2, 0) is 0 Å². The molecule has 0 fully saturated rings. The average molecular weight is 202 g/mol. The molecule has 0 saturated heterocycles. The van der Waals surface area contributed by atoms with E-state index >= 15 is 0 Å². The minimum atomic E-state index is 0.634. The molecule has 0 spiro atoms. The molecule has 0 aliphatic rings. The van der Waals surface area contributed by atoms with Gasteiger partial charge in [-0.2, -0.15) is 5.26 Å². The smallest absolute Gasteiger partial charge is 0.0622 e. The molecule has 0 aliphatic heterocycles. The molecule has 0 aliphatic carbocycles. The SMILES string of the molecule is Cc1ccc(N(C)CCCC#N)c(C)c1. The highest BCUT2D eigenvalue weighted by atomic mass is 15.1. The Kier molecular flexibility index (Phi) is 4.17. The lowest BCUT2D eigenvalue weighted by molar-refractivity contribution is 0.804. The first-order valence-corrected chi connectivity index (χ1v) is 5.30. The van der Waals surface area contributed by atoms with Gasteiger partial charge in [0.15, 0.2) is 0 Å². The summed E-state index contributed by atoms with van der Waals surface area (Å²) in [5.74, 6) is 0. The van der Waals surface area contributed by atoms with Crippen molar-refractivity contribution >= 4 is 5.69 Å². The second-order valence-electron chi connectivity index (χ2n) is 3.97. The summed E-state index contributed by atoms with van der Waals surface area (Å²) in [7, 11) is 2.08. The van der Waals surface area contributed by atoms with Crippen molar-refractivity contribution in [3.63, 3.8) is 0 Å². The van der Waals surface area contributed by atoms with Crippen LogP contribution in [-0.4, -0.2) is 13.6 Å². The third kappa shape index (κ3) is 3.28. The fraction of sp³-hybridized carbons (Fsp3) is 0.462. The lowest BCUT2D eigenvalue weighted by Crippen LogP contribution is -2.19. The van der Waals surface area contributed by atoms with Crippen molar-refractivity contribution in [2.45, 2.75) is 26.7 Å². The Morgan fingerprint density at radius 2 is 2.07 bits per heavy atom. The second kappa shape index (κ2) is 5.41. The van der Waals surface area contributed by atoms with E-state index in [0.717, 1.165) is 13.0 Å². The third-order valence-corrected chi connectivity index (χ3v) is 2.55. The Balaban J connectivity index is 2.66. The van der Waals surface area contributed by atoms with Crippen molar-refractivity contribution in [3.05, 3.63) is 29.3 Å². The Hall–Kier alpha value is -1.49. The van der Waals surface area contributed by atoms with E-state index in [1.165, 1.54) is 16.8 Å². The summed E-state index contributed by atoms with van der Waals surface area (Å²) in [6.07, 6.45) is 1.57. The molecule has 2 heteroatoms. The van der Waals surface area contributed by atoms with Gasteiger partial charge in [0.25, 0.3) is 0 Å². The monoisotopic (exact) mass is 202 g/mol. The van der Waals surface area contributed by atoms with Gasteiger partial charge in [-0.25, -0.2) is 0 Å². The number of hydrogen-bond acceptors (Lipinski definition) is 2. The number of rotatable bonds is 4. The minimum Gasteiger partial charge on any atom is -0.374 e. The molecule has 0 amide bonds. The molecular weight excluding hydrogens is 184 g/mol. The van der Waals surface area contributed by atoms with Crippen LogP contribution in [0.1, 0.15) is 24.0 Å². The zero-order valence-corrected chi connectivity index (χ0v) is 9.75. The van der Waals surface area contributed by atoms with E-state index in [-0.39, 0.29) is 0 Å². The first-order valence-electron chi connectivity index (χ1n) is 5.30. The van der Waals surface area contributed by atoms with Crippen LogP contribution in [0.15, 0.2) is 18.2 Å². The van der Waals surface area contributed by atoms with Gasteiger partial charge in [-0.3, -0.25) is 0 Å². The summed E-state index contributed by atoms with van der Waals surface area (Å²) in [5.41, 5.74) is 3.86. The summed E-state index contributed by atoms with van der Waals surface area (Å²) < 4.78 is 0. The molecule has 0 atom stereocenters. The van der Waals surface area contributed by atoms with Gasteiger partial charge in [-0.15, -0.1) is 0 Å². The highest BCUT2D eigenvalue weighted by Gasteiger charge is 2.03. The van der Waals surface area contributed by atoms with Crippen molar-refractivity contribution in [2.75, 3.05) is 18.5 Å². The molecule has 0 N–H and O–H groups in total. The predicted octanol–water partition coefficient (Wildman–Crippen LogP) is 3.04. The molecule has 0 aromatic heterocycles. The van der Waals surface area contributed by atoms with Crippen LogP contribution < -0.4 is 4.90 Å². The zero-order chi connectivity index (χ0) is 11.3. The first kappa shape index (κ1) is 11.6. The van der Waals surface area contributed by atoms with Gasteiger partial charge >= 0.3 is 0 Å². The molecule has 15 heavy (non-hydrogen) atoms. The van der Waals surface area contributed by atoms with Gasteiger partial charge in [0.1, 0.15) is 0 Å². The van der Waals surface area contributed by atoms with Crippen LogP contribution in [0.4, 0.5) is 5.69 Å². The lowest BCUT2D eigenvalue weighted by Gasteiger charge is -2.21. The molecule has 80 valence electrons. The maximum absolute atomic E-state index is 8.47. The molecule has 0 heterocycles. The molecule has 0 radical (unpaired) electrons. The number of benzene rings is 1. The third-order valence-electron chi connectivity index (χ3n) is 2.55. The van der Waals surface area contributed by atoms with Gasteiger partial charge < -0.3 is 4.90 Å². The van der Waals surface area contributed by atoms with Crippen molar-refractivity contribution < 1.29 is 0 Å². The van der Waals surface area contributed by atoms with E-state index < -0.39 is 0 Å². The van der Waals surface area contributed by atoms with E-state index in [4.69, 9.17) is 5.26 Å². The van der Waals surface area contributed by atoms with Crippen molar-refractivity contribution in [2.24, 2.45) is 0 Å². The summed E-state index contributed by atoms with van der Waals surface area (Å²) in [5, 5.41) is 8.47. The topological polar surface area (TPSA) is 27.0 Å². The van der Waals surface area contributed by atoms with Crippen molar-refractivity contribution in [3.8, 4) is 6.07 Å².